The molecule has 2 nitrogen and oxygen atoms in total. The first-order valence-electron chi connectivity index (χ1n) is 7.31. The van der Waals surface area contributed by atoms with Crippen molar-refractivity contribution in [2.24, 2.45) is 0 Å². The molecule has 20 heavy (non-hydrogen) atoms. The van der Waals surface area contributed by atoms with E-state index in [0.717, 1.165) is 29.7 Å². The molecule has 1 atom stereocenters. The molecule has 0 aromatic heterocycles. The van der Waals surface area contributed by atoms with Crippen LogP contribution in [0.3, 0.4) is 0 Å². The summed E-state index contributed by atoms with van der Waals surface area (Å²) < 4.78 is 13.5. The molecule has 0 bridgehead atoms. The highest BCUT2D eigenvalue weighted by Crippen LogP contribution is 2.38. The van der Waals surface area contributed by atoms with Crippen molar-refractivity contribution in [3.05, 3.63) is 28.2 Å². The third kappa shape index (κ3) is 3.34. The van der Waals surface area contributed by atoms with Crippen LogP contribution in [0.2, 0.25) is 0 Å². The fourth-order valence-corrected chi connectivity index (χ4v) is 4.54. The highest BCUT2D eigenvalue weighted by molar-refractivity contribution is 9.10. The Kier molecular flexibility index (Phi) is 4.63. The molecule has 0 amide bonds. The molecule has 1 aromatic rings. The normalized spacial score (nSPS) is 25.6. The van der Waals surface area contributed by atoms with E-state index in [4.69, 9.17) is 9.47 Å². The monoisotopic (exact) mass is 356 g/mol. The van der Waals surface area contributed by atoms with Crippen molar-refractivity contribution >= 4 is 27.7 Å². The Bertz CT molecular complexity index is 466. The Hall–Kier alpha value is -0.190. The topological polar surface area (TPSA) is 18.5 Å². The molecule has 1 aromatic carbocycles. The molecular formula is C16H21BrO2S. The summed E-state index contributed by atoms with van der Waals surface area (Å²) in [6.07, 6.45) is 4.70. The van der Waals surface area contributed by atoms with E-state index in [0.29, 0.717) is 6.10 Å². The lowest BCUT2D eigenvalue weighted by atomic mass is 9.86. The summed E-state index contributed by atoms with van der Waals surface area (Å²) in [4.78, 5) is 0. The van der Waals surface area contributed by atoms with Gasteiger partial charge in [-0.3, -0.25) is 0 Å². The van der Waals surface area contributed by atoms with Crippen molar-refractivity contribution in [2.45, 2.75) is 44.3 Å². The number of hydrogen-bond acceptors (Lipinski definition) is 3. The van der Waals surface area contributed by atoms with E-state index < -0.39 is 0 Å². The van der Waals surface area contributed by atoms with Gasteiger partial charge in [0.1, 0.15) is 11.9 Å². The Morgan fingerprint density at radius 1 is 1.35 bits per heavy atom. The molecule has 0 radical (unpaired) electrons. The summed E-state index contributed by atoms with van der Waals surface area (Å²) in [5.74, 6) is 3.44. The van der Waals surface area contributed by atoms with Crippen LogP contribution in [0.1, 0.15) is 31.2 Å². The van der Waals surface area contributed by atoms with Crippen LogP contribution in [-0.4, -0.2) is 29.8 Å². The second kappa shape index (κ2) is 6.29. The van der Waals surface area contributed by atoms with Crippen LogP contribution in [-0.2, 0) is 4.74 Å². The van der Waals surface area contributed by atoms with Gasteiger partial charge in [0.2, 0.25) is 0 Å². The zero-order valence-electron chi connectivity index (χ0n) is 11.9. The van der Waals surface area contributed by atoms with E-state index in [9.17, 15) is 0 Å². The lowest BCUT2D eigenvalue weighted by Crippen LogP contribution is -2.46. The average molecular weight is 357 g/mol. The molecule has 2 fully saturated rings. The maximum Gasteiger partial charge on any atom is 0.120 e. The molecule has 0 aliphatic carbocycles. The Morgan fingerprint density at radius 2 is 2.15 bits per heavy atom. The van der Waals surface area contributed by atoms with Crippen molar-refractivity contribution in [1.29, 1.82) is 0 Å². The molecule has 2 saturated heterocycles. The SMILES string of the molecule is Cc1cc(OC2CCOC3(CCSCC3)C2)ccc1Br. The molecular weight excluding hydrogens is 336 g/mol. The fourth-order valence-electron chi connectivity index (χ4n) is 3.06. The first kappa shape index (κ1) is 14.7. The molecule has 1 spiro atoms. The highest BCUT2D eigenvalue weighted by atomic mass is 79.9. The first-order valence-corrected chi connectivity index (χ1v) is 9.26. The first-order chi connectivity index (χ1) is 9.67. The number of hydrogen-bond donors (Lipinski definition) is 0. The van der Waals surface area contributed by atoms with Crippen molar-refractivity contribution in [3.8, 4) is 5.75 Å². The zero-order chi connectivity index (χ0) is 14.0. The third-order valence-corrected chi connectivity index (χ3v) is 6.16. The highest BCUT2D eigenvalue weighted by Gasteiger charge is 2.39. The molecule has 2 heterocycles. The van der Waals surface area contributed by atoms with Gasteiger partial charge in [-0.15, -0.1) is 0 Å². The predicted octanol–water partition coefficient (Wildman–Crippen LogP) is 4.58. The van der Waals surface area contributed by atoms with Gasteiger partial charge >= 0.3 is 0 Å². The predicted molar refractivity (Wildman–Crippen MR) is 87.8 cm³/mol. The Labute approximate surface area is 133 Å². The third-order valence-electron chi connectivity index (χ3n) is 4.28. The van der Waals surface area contributed by atoms with Crippen molar-refractivity contribution in [3.63, 3.8) is 0 Å². The number of rotatable bonds is 2. The molecule has 0 saturated carbocycles. The van der Waals surface area contributed by atoms with E-state index >= 15 is 0 Å². The Balaban J connectivity index is 1.66. The van der Waals surface area contributed by atoms with Gasteiger partial charge in [0, 0.05) is 17.3 Å². The second-order valence-corrected chi connectivity index (χ2v) is 7.87. The lowest BCUT2D eigenvalue weighted by Gasteiger charge is -2.43. The van der Waals surface area contributed by atoms with Gasteiger partial charge in [0.15, 0.2) is 0 Å². The molecule has 1 unspecified atom stereocenters. The van der Waals surface area contributed by atoms with Gasteiger partial charge in [-0.1, -0.05) is 15.9 Å². The number of aryl methyl sites for hydroxylation is 1. The van der Waals surface area contributed by atoms with Crippen LogP contribution < -0.4 is 4.74 Å². The number of halogens is 1. The molecule has 2 aliphatic heterocycles. The van der Waals surface area contributed by atoms with Gasteiger partial charge in [0.05, 0.1) is 12.2 Å². The standard InChI is InChI=1S/C16H21BrO2S/c1-12-10-13(2-3-15(12)17)19-14-4-7-18-16(11-14)5-8-20-9-6-16/h2-3,10,14H,4-9,11H2,1H3. The van der Waals surface area contributed by atoms with Crippen LogP contribution in [0, 0.1) is 6.92 Å². The van der Waals surface area contributed by atoms with Crippen LogP contribution in [0.25, 0.3) is 0 Å². The summed E-state index contributed by atoms with van der Waals surface area (Å²) in [5, 5.41) is 0. The number of thioether (sulfide) groups is 1. The quantitative estimate of drug-likeness (QED) is 0.772. The minimum Gasteiger partial charge on any atom is -0.490 e. The van der Waals surface area contributed by atoms with E-state index in [1.807, 2.05) is 11.8 Å². The summed E-state index contributed by atoms with van der Waals surface area (Å²) in [6, 6.07) is 6.23. The van der Waals surface area contributed by atoms with E-state index in [1.54, 1.807) is 0 Å². The summed E-state index contributed by atoms with van der Waals surface area (Å²) in [6.45, 7) is 2.94. The van der Waals surface area contributed by atoms with Crippen LogP contribution in [0.5, 0.6) is 5.75 Å². The van der Waals surface area contributed by atoms with Crippen LogP contribution in [0.4, 0.5) is 0 Å². The summed E-state index contributed by atoms with van der Waals surface area (Å²) >= 11 is 5.58. The van der Waals surface area contributed by atoms with Crippen molar-refractivity contribution in [2.75, 3.05) is 18.1 Å². The minimum atomic E-state index is 0.0958. The summed E-state index contributed by atoms with van der Waals surface area (Å²) in [5.41, 5.74) is 1.32. The summed E-state index contributed by atoms with van der Waals surface area (Å²) in [7, 11) is 0. The molecule has 2 aliphatic rings. The largest absolute Gasteiger partial charge is 0.490 e. The maximum absolute atomic E-state index is 6.21. The molecule has 3 rings (SSSR count). The number of ether oxygens (including phenoxy) is 2. The lowest BCUT2D eigenvalue weighted by molar-refractivity contribution is -0.116. The molecule has 4 heteroatoms. The van der Waals surface area contributed by atoms with E-state index in [2.05, 4.69) is 41.1 Å². The maximum atomic E-state index is 6.21. The van der Waals surface area contributed by atoms with E-state index in [1.165, 1.54) is 29.9 Å². The van der Waals surface area contributed by atoms with Crippen LogP contribution in [0.15, 0.2) is 22.7 Å². The van der Waals surface area contributed by atoms with Crippen molar-refractivity contribution in [1.82, 2.24) is 0 Å². The van der Waals surface area contributed by atoms with Gasteiger partial charge in [-0.25, -0.2) is 0 Å². The Morgan fingerprint density at radius 3 is 2.90 bits per heavy atom. The van der Waals surface area contributed by atoms with Crippen LogP contribution >= 0.6 is 27.7 Å². The second-order valence-electron chi connectivity index (χ2n) is 5.79. The molecule has 0 N–H and O–H groups in total. The number of benzene rings is 1. The van der Waals surface area contributed by atoms with Gasteiger partial charge in [0.25, 0.3) is 0 Å². The van der Waals surface area contributed by atoms with Gasteiger partial charge in [-0.05, 0) is 55.0 Å². The smallest absolute Gasteiger partial charge is 0.120 e. The molecule has 110 valence electrons. The zero-order valence-corrected chi connectivity index (χ0v) is 14.3. The minimum absolute atomic E-state index is 0.0958. The fraction of sp³-hybridized carbons (Fsp3) is 0.625. The average Bonchev–Trinajstić information content (AvgIpc) is 2.44. The van der Waals surface area contributed by atoms with Gasteiger partial charge < -0.3 is 9.47 Å². The van der Waals surface area contributed by atoms with Gasteiger partial charge in [-0.2, -0.15) is 11.8 Å². The van der Waals surface area contributed by atoms with E-state index in [-0.39, 0.29) is 5.60 Å². The van der Waals surface area contributed by atoms with Crippen molar-refractivity contribution < 1.29 is 9.47 Å².